The van der Waals surface area contributed by atoms with Gasteiger partial charge in [0.25, 0.3) is 17.7 Å². The van der Waals surface area contributed by atoms with Crippen LogP contribution >= 0.6 is 0 Å². The largest absolute Gasteiger partial charge is 0.367 e. The Hall–Kier alpha value is -2.58. The minimum atomic E-state index is -2.73. The summed E-state index contributed by atoms with van der Waals surface area (Å²) in [5, 5.41) is 14.8. The highest BCUT2D eigenvalue weighted by molar-refractivity contribution is 6.27. The maximum atomic E-state index is 12.5. The second kappa shape index (κ2) is 4.14. The van der Waals surface area contributed by atoms with Crippen molar-refractivity contribution in [2.45, 2.75) is 22.8 Å². The molecule has 4 aliphatic rings. The third-order valence-corrected chi connectivity index (χ3v) is 5.26. The maximum absolute atomic E-state index is 12.5. The highest BCUT2D eigenvalue weighted by atomic mass is 16.3. The van der Waals surface area contributed by atoms with Gasteiger partial charge in [0.1, 0.15) is 34.7 Å². The number of carbonyl (C=O) groups is 4. The molecule has 4 rings (SSSR count). The number of aliphatic hydroxyl groups is 1. The lowest BCUT2D eigenvalue weighted by Gasteiger charge is -2.59. The van der Waals surface area contributed by atoms with Gasteiger partial charge in [-0.05, 0) is 0 Å². The third-order valence-electron chi connectivity index (χ3n) is 5.26. The van der Waals surface area contributed by atoms with Crippen LogP contribution in [0.3, 0.4) is 0 Å². The molecule has 6 unspecified atom stereocenters. The van der Waals surface area contributed by atoms with E-state index in [1.54, 1.807) is 0 Å². The van der Waals surface area contributed by atoms with E-state index in [9.17, 15) is 24.3 Å². The van der Waals surface area contributed by atoms with Gasteiger partial charge >= 0.3 is 0 Å². The molecule has 0 saturated carbocycles. The first kappa shape index (κ1) is 15.9. The number of carbonyl (C=O) groups excluding carboxylic acids is 4. The topological polar surface area (TPSA) is 241 Å². The van der Waals surface area contributed by atoms with Crippen molar-refractivity contribution >= 4 is 35.3 Å². The average Bonchev–Trinajstić information content (AvgIpc) is 2.48. The standard InChI is InChI=1S/C12H14N8O5/c13-3-6(22)18-4-1-10(14)2(5(21)17-4)12(16,25)9(24)20-7(10)19-8(23)11(1,3)15/h1-3,25H,13-16H2,(H,17,18,21,22)(H,19,20,23,24). The van der Waals surface area contributed by atoms with E-state index in [1.807, 2.05) is 0 Å². The van der Waals surface area contributed by atoms with Crippen LogP contribution in [0, 0.1) is 11.8 Å². The van der Waals surface area contributed by atoms with Crippen LogP contribution in [0.25, 0.3) is 0 Å². The van der Waals surface area contributed by atoms with Gasteiger partial charge in [0.05, 0.1) is 5.92 Å². The summed E-state index contributed by atoms with van der Waals surface area (Å²) < 4.78 is 0. The van der Waals surface area contributed by atoms with Gasteiger partial charge in [-0.3, -0.25) is 24.9 Å². The fourth-order valence-corrected chi connectivity index (χ4v) is 4.02. The number of nitrogens with two attached hydrogens (primary N) is 4. The Morgan fingerprint density at radius 1 is 0.960 bits per heavy atom. The predicted octanol–water partition coefficient (Wildman–Crippen LogP) is -6.27. The van der Waals surface area contributed by atoms with E-state index < -0.39 is 64.1 Å². The number of piperidine rings is 2. The summed E-state index contributed by atoms with van der Waals surface area (Å²) >= 11 is 0. The van der Waals surface area contributed by atoms with Gasteiger partial charge in [-0.25, -0.2) is 0 Å². The van der Waals surface area contributed by atoms with Crippen LogP contribution in [-0.2, 0) is 19.2 Å². The van der Waals surface area contributed by atoms with Gasteiger partial charge in [0, 0.05) is 0 Å². The van der Waals surface area contributed by atoms with Crippen molar-refractivity contribution in [3.63, 3.8) is 0 Å². The number of aliphatic imine (C=N–C) groups is 2. The molecule has 2 saturated heterocycles. The summed E-state index contributed by atoms with van der Waals surface area (Å²) in [6.45, 7) is 0. The Balaban J connectivity index is 2.08. The van der Waals surface area contributed by atoms with Crippen molar-refractivity contribution in [2.75, 3.05) is 0 Å². The van der Waals surface area contributed by atoms with Gasteiger partial charge in [0.15, 0.2) is 0 Å². The van der Waals surface area contributed by atoms with Crippen molar-refractivity contribution in [3.05, 3.63) is 0 Å². The van der Waals surface area contributed by atoms with Gasteiger partial charge in [-0.15, -0.1) is 0 Å². The first-order valence-corrected chi connectivity index (χ1v) is 7.19. The van der Waals surface area contributed by atoms with E-state index in [-0.39, 0.29) is 5.84 Å². The molecule has 0 aromatic heterocycles. The SMILES string of the molecule is NC1C(=O)NC2=NC(=O)C3C(N)(O)C(=O)NC4=NC(=O)C1(N)C2C43N. The maximum Gasteiger partial charge on any atom is 0.273 e. The number of hydrogen-bond donors (Lipinski definition) is 7. The van der Waals surface area contributed by atoms with E-state index >= 15 is 0 Å². The molecule has 0 spiro atoms. The molecule has 0 radical (unpaired) electrons. The Morgan fingerprint density at radius 2 is 1.60 bits per heavy atom. The van der Waals surface area contributed by atoms with E-state index in [1.165, 1.54) is 0 Å². The van der Waals surface area contributed by atoms with Crippen molar-refractivity contribution < 1.29 is 24.3 Å². The van der Waals surface area contributed by atoms with E-state index in [4.69, 9.17) is 22.9 Å². The normalized spacial score (nSPS) is 48.1. The fourth-order valence-electron chi connectivity index (χ4n) is 4.02. The molecular weight excluding hydrogens is 336 g/mol. The number of nitrogens with zero attached hydrogens (tertiary/aromatic N) is 2. The Kier molecular flexibility index (Phi) is 2.64. The smallest absolute Gasteiger partial charge is 0.273 e. The van der Waals surface area contributed by atoms with E-state index in [0.717, 1.165) is 0 Å². The van der Waals surface area contributed by atoms with Crippen LogP contribution in [0.2, 0.25) is 0 Å². The van der Waals surface area contributed by atoms with E-state index in [0.29, 0.717) is 0 Å². The van der Waals surface area contributed by atoms with Gasteiger partial charge in [-0.1, -0.05) is 0 Å². The quantitative estimate of drug-likeness (QED) is 0.205. The molecular formula is C12H14N8O5. The van der Waals surface area contributed by atoms with E-state index in [2.05, 4.69) is 20.6 Å². The lowest BCUT2D eigenvalue weighted by Crippen LogP contribution is -2.91. The Bertz CT molecular complexity index is 848. The Morgan fingerprint density at radius 3 is 2.24 bits per heavy atom. The monoisotopic (exact) mass is 350 g/mol. The first-order chi connectivity index (χ1) is 11.5. The molecule has 4 aliphatic heterocycles. The second-order valence-electron chi connectivity index (χ2n) is 6.58. The molecule has 0 aromatic rings. The van der Waals surface area contributed by atoms with Crippen LogP contribution < -0.4 is 33.6 Å². The summed E-state index contributed by atoms with van der Waals surface area (Å²) in [5.74, 6) is -7.89. The zero-order valence-corrected chi connectivity index (χ0v) is 12.5. The molecule has 6 atom stereocenters. The summed E-state index contributed by atoms with van der Waals surface area (Å²) in [7, 11) is 0. The molecule has 25 heavy (non-hydrogen) atoms. The minimum Gasteiger partial charge on any atom is -0.367 e. The number of amidine groups is 2. The van der Waals surface area contributed by atoms with Crippen LogP contribution in [0.5, 0.6) is 0 Å². The number of nitrogens with one attached hydrogen (secondary N) is 2. The van der Waals surface area contributed by atoms with Crippen molar-refractivity contribution in [3.8, 4) is 0 Å². The molecule has 2 fully saturated rings. The summed E-state index contributed by atoms with van der Waals surface area (Å²) in [5.41, 5.74) is 17.1. The second-order valence-corrected chi connectivity index (χ2v) is 6.58. The fraction of sp³-hybridized carbons (Fsp3) is 0.500. The lowest BCUT2D eigenvalue weighted by molar-refractivity contribution is -0.161. The summed E-state index contributed by atoms with van der Waals surface area (Å²) in [4.78, 5) is 56.4. The van der Waals surface area contributed by atoms with Gasteiger partial charge in [0.2, 0.25) is 11.6 Å². The van der Waals surface area contributed by atoms with Crippen LogP contribution in [-0.4, -0.2) is 63.3 Å². The number of hydrogen-bond acceptors (Lipinski definition) is 9. The molecule has 13 heteroatoms. The van der Waals surface area contributed by atoms with Crippen LogP contribution in [0.15, 0.2) is 9.98 Å². The highest BCUT2D eigenvalue weighted by Gasteiger charge is 2.75. The first-order valence-electron chi connectivity index (χ1n) is 7.19. The predicted molar refractivity (Wildman–Crippen MR) is 79.1 cm³/mol. The molecule has 4 heterocycles. The zero-order chi connectivity index (χ0) is 18.5. The molecule has 13 nitrogen and oxygen atoms in total. The van der Waals surface area contributed by atoms with Crippen molar-refractivity contribution in [1.82, 2.24) is 10.6 Å². The third kappa shape index (κ3) is 1.50. The van der Waals surface area contributed by atoms with Crippen LogP contribution in [0.1, 0.15) is 0 Å². The Labute approximate surface area is 138 Å². The van der Waals surface area contributed by atoms with Gasteiger partial charge in [-0.2, -0.15) is 9.98 Å². The summed E-state index contributed by atoms with van der Waals surface area (Å²) in [6, 6.07) is -1.55. The summed E-state index contributed by atoms with van der Waals surface area (Å²) in [6.07, 6.45) is 0. The molecule has 0 bridgehead atoms. The van der Waals surface area contributed by atoms with Crippen molar-refractivity contribution in [2.24, 2.45) is 44.8 Å². The number of amides is 4. The molecule has 0 aromatic carbocycles. The molecule has 4 amide bonds. The molecule has 132 valence electrons. The van der Waals surface area contributed by atoms with Crippen LogP contribution in [0.4, 0.5) is 0 Å². The average molecular weight is 350 g/mol. The minimum absolute atomic E-state index is 0.286. The van der Waals surface area contributed by atoms with Gasteiger partial charge < -0.3 is 32.9 Å². The highest BCUT2D eigenvalue weighted by Crippen LogP contribution is 2.47. The number of rotatable bonds is 0. The van der Waals surface area contributed by atoms with Crippen molar-refractivity contribution in [1.29, 1.82) is 0 Å². The molecule has 0 aliphatic carbocycles. The molecule has 11 N–H and O–H groups in total. The zero-order valence-electron chi connectivity index (χ0n) is 12.5. The lowest BCUT2D eigenvalue weighted by atomic mass is 9.54.